The van der Waals surface area contributed by atoms with Gasteiger partial charge in [0.25, 0.3) is 0 Å². The highest BCUT2D eigenvalue weighted by atomic mass is 16.2. The quantitative estimate of drug-likeness (QED) is 0.734. The van der Waals surface area contributed by atoms with Crippen molar-refractivity contribution in [1.29, 1.82) is 0 Å². The molecule has 1 aliphatic heterocycles. The minimum atomic E-state index is 0.251. The molecule has 1 amide bonds. The van der Waals surface area contributed by atoms with Crippen molar-refractivity contribution in [2.45, 2.75) is 59.3 Å². The van der Waals surface area contributed by atoms with Crippen LogP contribution < -0.4 is 5.32 Å². The van der Waals surface area contributed by atoms with Crippen LogP contribution in [0.2, 0.25) is 0 Å². The van der Waals surface area contributed by atoms with E-state index in [-0.39, 0.29) is 5.92 Å². The Bertz CT molecular complexity index is 249. The van der Waals surface area contributed by atoms with Crippen molar-refractivity contribution in [3.05, 3.63) is 0 Å². The first kappa shape index (κ1) is 16.5. The molecule has 3 nitrogen and oxygen atoms in total. The zero-order valence-electron chi connectivity index (χ0n) is 13.1. The lowest BCUT2D eigenvalue weighted by atomic mass is 9.94. The Morgan fingerprint density at radius 3 is 2.47 bits per heavy atom. The predicted molar refractivity (Wildman–Crippen MR) is 81.2 cm³/mol. The molecule has 3 heteroatoms. The summed E-state index contributed by atoms with van der Waals surface area (Å²) in [5.74, 6) is 1.35. The standard InChI is InChI=1S/C16H32N2O/c1-4-7-8-15(5-2)16(19)18(6-3)13-14-9-11-17-12-10-14/h14-15,17H,4-13H2,1-3H3. The lowest BCUT2D eigenvalue weighted by molar-refractivity contribution is -0.136. The predicted octanol–water partition coefficient (Wildman–Crippen LogP) is 3.05. The second-order valence-corrected chi connectivity index (χ2v) is 5.82. The minimum absolute atomic E-state index is 0.251. The van der Waals surface area contributed by atoms with E-state index in [0.717, 1.165) is 39.0 Å². The number of nitrogens with zero attached hydrogens (tertiary/aromatic N) is 1. The SMILES string of the molecule is CCCCC(CC)C(=O)N(CC)CC1CCNCC1. The lowest BCUT2D eigenvalue weighted by Crippen LogP contribution is -2.41. The second kappa shape index (κ2) is 9.35. The number of carbonyl (C=O) groups is 1. The van der Waals surface area contributed by atoms with E-state index < -0.39 is 0 Å². The first-order valence-electron chi connectivity index (χ1n) is 8.22. The van der Waals surface area contributed by atoms with Crippen LogP contribution in [0.15, 0.2) is 0 Å². The summed E-state index contributed by atoms with van der Waals surface area (Å²) in [6, 6.07) is 0. The van der Waals surface area contributed by atoms with Crippen molar-refractivity contribution in [2.24, 2.45) is 11.8 Å². The Kier molecular flexibility index (Phi) is 8.11. The van der Waals surface area contributed by atoms with Gasteiger partial charge in [0.15, 0.2) is 0 Å². The molecule has 19 heavy (non-hydrogen) atoms. The molecule has 0 aromatic rings. The molecule has 112 valence electrons. The highest BCUT2D eigenvalue weighted by molar-refractivity contribution is 5.78. The van der Waals surface area contributed by atoms with Crippen molar-refractivity contribution < 1.29 is 4.79 Å². The number of carbonyl (C=O) groups excluding carboxylic acids is 1. The van der Waals surface area contributed by atoms with Gasteiger partial charge in [0.1, 0.15) is 0 Å². The van der Waals surface area contributed by atoms with Gasteiger partial charge in [0.2, 0.25) is 5.91 Å². The average Bonchev–Trinajstić information content (AvgIpc) is 2.46. The summed E-state index contributed by atoms with van der Waals surface area (Å²) in [5.41, 5.74) is 0. The van der Waals surface area contributed by atoms with E-state index in [9.17, 15) is 4.79 Å². The van der Waals surface area contributed by atoms with Crippen LogP contribution in [-0.4, -0.2) is 37.0 Å². The van der Waals surface area contributed by atoms with E-state index in [0.29, 0.717) is 11.8 Å². The molecule has 0 radical (unpaired) electrons. The fourth-order valence-corrected chi connectivity index (χ4v) is 2.96. The molecule has 0 aromatic heterocycles. The van der Waals surface area contributed by atoms with Gasteiger partial charge in [-0.25, -0.2) is 0 Å². The summed E-state index contributed by atoms with van der Waals surface area (Å²) < 4.78 is 0. The molecule has 0 saturated carbocycles. The normalized spacial score (nSPS) is 18.3. The highest BCUT2D eigenvalue weighted by Crippen LogP contribution is 2.19. The van der Waals surface area contributed by atoms with Gasteiger partial charge < -0.3 is 10.2 Å². The number of piperidine rings is 1. The van der Waals surface area contributed by atoms with Gasteiger partial charge in [-0.05, 0) is 51.6 Å². The third-order valence-electron chi connectivity index (χ3n) is 4.38. The summed E-state index contributed by atoms with van der Waals surface area (Å²) in [4.78, 5) is 14.7. The summed E-state index contributed by atoms with van der Waals surface area (Å²) >= 11 is 0. The number of amides is 1. The van der Waals surface area contributed by atoms with Gasteiger partial charge in [-0.3, -0.25) is 4.79 Å². The molecule has 1 saturated heterocycles. The van der Waals surface area contributed by atoms with Crippen LogP contribution in [0.4, 0.5) is 0 Å². The number of hydrogen-bond donors (Lipinski definition) is 1. The van der Waals surface area contributed by atoms with Crippen LogP contribution in [0.1, 0.15) is 59.3 Å². The smallest absolute Gasteiger partial charge is 0.225 e. The van der Waals surface area contributed by atoms with Crippen molar-refractivity contribution in [3.8, 4) is 0 Å². The molecular weight excluding hydrogens is 236 g/mol. The first-order chi connectivity index (χ1) is 9.22. The Labute approximate surface area is 119 Å². The summed E-state index contributed by atoms with van der Waals surface area (Å²) in [6.45, 7) is 10.5. The highest BCUT2D eigenvalue weighted by Gasteiger charge is 2.24. The first-order valence-corrected chi connectivity index (χ1v) is 8.22. The fraction of sp³-hybridized carbons (Fsp3) is 0.938. The van der Waals surface area contributed by atoms with Gasteiger partial charge >= 0.3 is 0 Å². The summed E-state index contributed by atoms with van der Waals surface area (Å²) in [7, 11) is 0. The Morgan fingerprint density at radius 2 is 1.95 bits per heavy atom. The molecule has 1 rings (SSSR count). The molecule has 1 fully saturated rings. The maximum Gasteiger partial charge on any atom is 0.225 e. The monoisotopic (exact) mass is 268 g/mol. The zero-order valence-corrected chi connectivity index (χ0v) is 13.1. The Hall–Kier alpha value is -0.570. The second-order valence-electron chi connectivity index (χ2n) is 5.82. The molecular formula is C16H32N2O. The van der Waals surface area contributed by atoms with E-state index in [1.807, 2.05) is 0 Å². The van der Waals surface area contributed by atoms with E-state index >= 15 is 0 Å². The van der Waals surface area contributed by atoms with Gasteiger partial charge in [0.05, 0.1) is 0 Å². The van der Waals surface area contributed by atoms with Crippen molar-refractivity contribution in [3.63, 3.8) is 0 Å². The number of hydrogen-bond acceptors (Lipinski definition) is 2. The maximum absolute atomic E-state index is 12.6. The van der Waals surface area contributed by atoms with Crippen molar-refractivity contribution in [1.82, 2.24) is 10.2 Å². The van der Waals surface area contributed by atoms with E-state index in [4.69, 9.17) is 0 Å². The average molecular weight is 268 g/mol. The van der Waals surface area contributed by atoms with Gasteiger partial charge in [-0.1, -0.05) is 26.7 Å². The van der Waals surface area contributed by atoms with E-state index in [2.05, 4.69) is 31.0 Å². The molecule has 1 unspecified atom stereocenters. The third-order valence-corrected chi connectivity index (χ3v) is 4.38. The Morgan fingerprint density at radius 1 is 1.26 bits per heavy atom. The molecule has 0 bridgehead atoms. The number of rotatable bonds is 8. The molecule has 0 aliphatic carbocycles. The van der Waals surface area contributed by atoms with Crippen LogP contribution in [-0.2, 0) is 4.79 Å². The molecule has 0 spiro atoms. The van der Waals surface area contributed by atoms with Crippen LogP contribution in [0.5, 0.6) is 0 Å². The van der Waals surface area contributed by atoms with Crippen LogP contribution in [0.25, 0.3) is 0 Å². The molecule has 1 heterocycles. The molecule has 1 N–H and O–H groups in total. The lowest BCUT2D eigenvalue weighted by Gasteiger charge is -2.31. The summed E-state index contributed by atoms with van der Waals surface area (Å²) in [6.07, 6.45) is 6.85. The molecule has 1 atom stereocenters. The largest absolute Gasteiger partial charge is 0.342 e. The van der Waals surface area contributed by atoms with Gasteiger partial charge in [-0.2, -0.15) is 0 Å². The van der Waals surface area contributed by atoms with Crippen molar-refractivity contribution in [2.75, 3.05) is 26.2 Å². The summed E-state index contributed by atoms with van der Waals surface area (Å²) in [5, 5.41) is 3.39. The Balaban J connectivity index is 2.48. The third kappa shape index (κ3) is 5.52. The maximum atomic E-state index is 12.6. The van der Waals surface area contributed by atoms with Gasteiger partial charge in [-0.15, -0.1) is 0 Å². The number of unbranched alkanes of at least 4 members (excludes halogenated alkanes) is 1. The fourth-order valence-electron chi connectivity index (χ4n) is 2.96. The minimum Gasteiger partial charge on any atom is -0.342 e. The van der Waals surface area contributed by atoms with Crippen LogP contribution in [0, 0.1) is 11.8 Å². The van der Waals surface area contributed by atoms with Gasteiger partial charge in [0, 0.05) is 19.0 Å². The topological polar surface area (TPSA) is 32.3 Å². The number of nitrogens with one attached hydrogen (secondary N) is 1. The molecule has 1 aliphatic rings. The van der Waals surface area contributed by atoms with E-state index in [1.165, 1.54) is 25.7 Å². The van der Waals surface area contributed by atoms with Crippen LogP contribution in [0.3, 0.4) is 0 Å². The molecule has 0 aromatic carbocycles. The van der Waals surface area contributed by atoms with Crippen molar-refractivity contribution >= 4 is 5.91 Å². The van der Waals surface area contributed by atoms with Crippen LogP contribution >= 0.6 is 0 Å². The zero-order chi connectivity index (χ0) is 14.1. The van der Waals surface area contributed by atoms with E-state index in [1.54, 1.807) is 0 Å².